The quantitative estimate of drug-likeness (QED) is 0.602. The van der Waals surface area contributed by atoms with Gasteiger partial charge in [-0.3, -0.25) is 9.69 Å². The molecule has 3 rings (SSSR count). The molecule has 2 heterocycles. The Morgan fingerprint density at radius 1 is 1.21 bits per heavy atom. The van der Waals surface area contributed by atoms with Gasteiger partial charge in [0.05, 0.1) is 6.04 Å². The summed E-state index contributed by atoms with van der Waals surface area (Å²) in [5.41, 5.74) is 1.23. The van der Waals surface area contributed by atoms with Crippen molar-refractivity contribution in [3.05, 3.63) is 48.6 Å². The van der Waals surface area contributed by atoms with Gasteiger partial charge in [-0.05, 0) is 24.3 Å². The van der Waals surface area contributed by atoms with Crippen molar-refractivity contribution >= 4 is 5.97 Å². The molecule has 3 nitrogen and oxygen atoms in total. The fraction of sp³-hybridized carbons (Fsp3) is 0.438. The highest BCUT2D eigenvalue weighted by Crippen LogP contribution is 2.35. The molecule has 100 valence electrons. The Morgan fingerprint density at radius 2 is 2.00 bits per heavy atom. The summed E-state index contributed by atoms with van der Waals surface area (Å²) >= 11 is 0. The number of rotatable bonds is 2. The van der Waals surface area contributed by atoms with E-state index in [1.165, 1.54) is 5.56 Å². The van der Waals surface area contributed by atoms with E-state index in [4.69, 9.17) is 4.74 Å². The van der Waals surface area contributed by atoms with Crippen molar-refractivity contribution in [1.29, 1.82) is 0 Å². The summed E-state index contributed by atoms with van der Waals surface area (Å²) in [5, 5.41) is 0. The van der Waals surface area contributed by atoms with Crippen LogP contribution in [0.5, 0.6) is 0 Å². The minimum Gasteiger partial charge on any atom is -0.462 e. The van der Waals surface area contributed by atoms with Crippen LogP contribution in [0.2, 0.25) is 0 Å². The number of hydrogen-bond donors (Lipinski definition) is 0. The number of esters is 1. The van der Waals surface area contributed by atoms with Gasteiger partial charge in [0.1, 0.15) is 12.6 Å². The van der Waals surface area contributed by atoms with Gasteiger partial charge >= 0.3 is 5.97 Å². The second-order valence-electron chi connectivity index (χ2n) is 5.34. The van der Waals surface area contributed by atoms with E-state index in [1.807, 2.05) is 24.3 Å². The van der Waals surface area contributed by atoms with E-state index >= 15 is 0 Å². The molecule has 0 saturated carbocycles. The normalized spacial score (nSPS) is 31.4. The number of carbonyl (C=O) groups is 1. The Kier molecular flexibility index (Phi) is 3.38. The van der Waals surface area contributed by atoms with Gasteiger partial charge in [-0.15, -0.1) is 6.58 Å². The largest absolute Gasteiger partial charge is 0.462 e. The molecule has 0 spiro atoms. The van der Waals surface area contributed by atoms with E-state index in [0.29, 0.717) is 12.5 Å². The molecular weight excluding hydrogens is 238 g/mol. The minimum absolute atomic E-state index is 0.0605. The monoisotopic (exact) mass is 257 g/mol. The fourth-order valence-electron chi connectivity index (χ4n) is 3.13. The van der Waals surface area contributed by atoms with Gasteiger partial charge in [0.25, 0.3) is 0 Å². The highest BCUT2D eigenvalue weighted by Gasteiger charge is 2.41. The fourth-order valence-corrected chi connectivity index (χ4v) is 3.13. The molecule has 3 atom stereocenters. The Morgan fingerprint density at radius 3 is 2.74 bits per heavy atom. The van der Waals surface area contributed by atoms with Gasteiger partial charge in [0.2, 0.25) is 0 Å². The zero-order chi connectivity index (χ0) is 13.2. The molecule has 3 heteroatoms. The molecule has 0 aliphatic carbocycles. The molecule has 2 fully saturated rings. The molecule has 2 saturated heterocycles. The molecule has 0 radical (unpaired) electrons. The van der Waals surface area contributed by atoms with E-state index in [9.17, 15) is 4.79 Å². The first-order chi connectivity index (χ1) is 9.29. The highest BCUT2D eigenvalue weighted by atomic mass is 16.5. The number of benzene rings is 1. The maximum Gasteiger partial charge on any atom is 0.323 e. The van der Waals surface area contributed by atoms with Crippen LogP contribution in [-0.2, 0) is 9.53 Å². The van der Waals surface area contributed by atoms with E-state index in [1.54, 1.807) is 0 Å². The Labute approximate surface area is 113 Å². The molecule has 0 amide bonds. The van der Waals surface area contributed by atoms with Gasteiger partial charge in [0.15, 0.2) is 0 Å². The van der Waals surface area contributed by atoms with Gasteiger partial charge in [0, 0.05) is 6.54 Å². The van der Waals surface area contributed by atoms with Crippen LogP contribution in [0.4, 0.5) is 0 Å². The Hall–Kier alpha value is -1.61. The molecule has 1 aromatic rings. The molecule has 0 N–H and O–H groups in total. The van der Waals surface area contributed by atoms with Crippen LogP contribution in [-0.4, -0.2) is 30.1 Å². The maximum atomic E-state index is 11.9. The predicted octanol–water partition coefficient (Wildman–Crippen LogP) is 2.55. The maximum absolute atomic E-state index is 11.9. The number of ether oxygens (including phenoxy) is 1. The van der Waals surface area contributed by atoms with Crippen molar-refractivity contribution in [3.63, 3.8) is 0 Å². The van der Waals surface area contributed by atoms with Crippen LogP contribution in [0.15, 0.2) is 43.0 Å². The molecule has 19 heavy (non-hydrogen) atoms. The third kappa shape index (κ3) is 2.30. The third-order valence-corrected chi connectivity index (χ3v) is 4.23. The molecule has 0 aromatic heterocycles. The van der Waals surface area contributed by atoms with Gasteiger partial charge in [-0.2, -0.15) is 0 Å². The number of piperidine rings is 1. The van der Waals surface area contributed by atoms with Gasteiger partial charge in [-0.25, -0.2) is 0 Å². The van der Waals surface area contributed by atoms with E-state index in [2.05, 4.69) is 23.6 Å². The van der Waals surface area contributed by atoms with Crippen LogP contribution < -0.4 is 0 Å². The first-order valence-corrected chi connectivity index (χ1v) is 6.89. The summed E-state index contributed by atoms with van der Waals surface area (Å²) in [6, 6.07) is 10.4. The van der Waals surface area contributed by atoms with Crippen molar-refractivity contribution in [2.75, 3.05) is 13.2 Å². The lowest BCUT2D eigenvalue weighted by Gasteiger charge is -2.45. The van der Waals surface area contributed by atoms with Crippen LogP contribution in [0.1, 0.15) is 24.4 Å². The summed E-state index contributed by atoms with van der Waals surface area (Å²) in [4.78, 5) is 14.2. The highest BCUT2D eigenvalue weighted by molar-refractivity contribution is 5.76. The third-order valence-electron chi connectivity index (χ3n) is 4.23. The minimum atomic E-state index is -0.0739. The molecular formula is C16H19NO2. The Balaban J connectivity index is 1.88. The van der Waals surface area contributed by atoms with Crippen molar-refractivity contribution in [1.82, 2.24) is 4.90 Å². The van der Waals surface area contributed by atoms with Gasteiger partial charge < -0.3 is 4.74 Å². The number of hydrogen-bond acceptors (Lipinski definition) is 3. The first kappa shape index (κ1) is 12.4. The van der Waals surface area contributed by atoms with E-state index in [0.717, 1.165) is 19.4 Å². The summed E-state index contributed by atoms with van der Waals surface area (Å²) in [6.07, 6.45) is 3.92. The molecule has 2 aliphatic rings. The second kappa shape index (κ2) is 5.17. The average molecular weight is 257 g/mol. The van der Waals surface area contributed by atoms with Crippen LogP contribution >= 0.6 is 0 Å². The SMILES string of the molecule is C=C[C@@H]1CC[C@H]2C(=O)OC[C@@H](c3ccccc3)N2C1. The summed E-state index contributed by atoms with van der Waals surface area (Å²) < 4.78 is 5.38. The molecule has 0 bridgehead atoms. The lowest BCUT2D eigenvalue weighted by atomic mass is 9.89. The second-order valence-corrected chi connectivity index (χ2v) is 5.34. The van der Waals surface area contributed by atoms with Crippen molar-refractivity contribution in [3.8, 4) is 0 Å². The summed E-state index contributed by atoms with van der Waals surface area (Å²) in [7, 11) is 0. The smallest absolute Gasteiger partial charge is 0.323 e. The number of carbonyl (C=O) groups excluding carboxylic acids is 1. The van der Waals surface area contributed by atoms with E-state index < -0.39 is 0 Å². The van der Waals surface area contributed by atoms with Crippen molar-refractivity contribution in [2.45, 2.75) is 24.9 Å². The zero-order valence-corrected chi connectivity index (χ0v) is 11.0. The topological polar surface area (TPSA) is 29.5 Å². The molecule has 0 unspecified atom stereocenters. The van der Waals surface area contributed by atoms with Crippen LogP contribution in [0, 0.1) is 5.92 Å². The molecule has 1 aromatic carbocycles. The Bertz CT molecular complexity index is 471. The summed E-state index contributed by atoms with van der Waals surface area (Å²) in [5.74, 6) is 0.419. The average Bonchev–Trinajstić information content (AvgIpc) is 2.48. The van der Waals surface area contributed by atoms with Crippen LogP contribution in [0.3, 0.4) is 0 Å². The zero-order valence-electron chi connectivity index (χ0n) is 11.0. The number of nitrogens with zero attached hydrogens (tertiary/aromatic N) is 1. The van der Waals surface area contributed by atoms with Crippen molar-refractivity contribution < 1.29 is 9.53 Å². The number of morpholine rings is 1. The lowest BCUT2D eigenvalue weighted by molar-refractivity contribution is -0.166. The van der Waals surface area contributed by atoms with Crippen LogP contribution in [0.25, 0.3) is 0 Å². The predicted molar refractivity (Wildman–Crippen MR) is 73.6 cm³/mol. The molecule has 2 aliphatic heterocycles. The first-order valence-electron chi connectivity index (χ1n) is 6.89. The van der Waals surface area contributed by atoms with Crippen molar-refractivity contribution in [2.24, 2.45) is 5.92 Å². The van der Waals surface area contributed by atoms with E-state index in [-0.39, 0.29) is 18.1 Å². The van der Waals surface area contributed by atoms with Gasteiger partial charge in [-0.1, -0.05) is 36.4 Å². The number of cyclic esters (lactones) is 1. The lowest BCUT2D eigenvalue weighted by Crippen LogP contribution is -2.54. The standard InChI is InChI=1S/C16H19NO2/c1-2-12-8-9-14-16(18)19-11-15(17(14)10-12)13-6-4-3-5-7-13/h2-7,12,14-15H,1,8-11H2/t12-,14+,15+/m1/s1. The number of fused-ring (bicyclic) bond motifs is 1. The summed E-state index contributed by atoms with van der Waals surface area (Å²) in [6.45, 7) is 5.26.